The van der Waals surface area contributed by atoms with Gasteiger partial charge in [-0.25, -0.2) is 0 Å². The lowest BCUT2D eigenvalue weighted by Gasteiger charge is -2.25. The van der Waals surface area contributed by atoms with E-state index in [-0.39, 0.29) is 0 Å². The molecule has 0 heterocycles. The lowest BCUT2D eigenvalue weighted by atomic mass is 10.0. The van der Waals surface area contributed by atoms with Crippen LogP contribution in [0.25, 0.3) is 0 Å². The summed E-state index contributed by atoms with van der Waals surface area (Å²) in [5, 5.41) is 1.18. The van der Waals surface area contributed by atoms with Crippen LogP contribution in [0, 0.1) is 11.8 Å². The average Bonchev–Trinajstić information content (AvgIpc) is 1.80. The minimum absolute atomic E-state index is 0.834. The van der Waals surface area contributed by atoms with E-state index in [0.29, 0.717) is 0 Å². The van der Waals surface area contributed by atoms with E-state index in [2.05, 4.69) is 49.4 Å². The summed E-state index contributed by atoms with van der Waals surface area (Å²) in [6.07, 6.45) is 0. The predicted octanol–water partition coefficient (Wildman–Crippen LogP) is 3.99. The molecule has 0 rings (SSSR count). The Kier molecular flexibility index (Phi) is 4.95. The Morgan fingerprint density at radius 3 is 1.73 bits per heavy atom. The first kappa shape index (κ1) is 11.7. The van der Waals surface area contributed by atoms with Crippen LogP contribution in [0.2, 0.25) is 25.7 Å². The van der Waals surface area contributed by atoms with Gasteiger partial charge in [-0.1, -0.05) is 55.5 Å². The number of hydrogen-bond acceptors (Lipinski definition) is 0. The monoisotopic (exact) mass is 236 g/mol. The number of halogens is 1. The van der Waals surface area contributed by atoms with Crippen molar-refractivity contribution in [2.24, 2.45) is 11.8 Å². The van der Waals surface area contributed by atoms with Gasteiger partial charge in [0.15, 0.2) is 0 Å². The molecule has 11 heavy (non-hydrogen) atoms. The second-order valence-corrected chi connectivity index (χ2v) is 11.1. The quantitative estimate of drug-likeness (QED) is 0.512. The highest BCUT2D eigenvalue weighted by Gasteiger charge is 2.21. The van der Waals surface area contributed by atoms with Gasteiger partial charge < -0.3 is 0 Å². The van der Waals surface area contributed by atoms with Crippen molar-refractivity contribution in [1.82, 2.24) is 0 Å². The summed E-state index contributed by atoms with van der Waals surface area (Å²) in [6.45, 7) is 12.0. The molecule has 0 aromatic heterocycles. The van der Waals surface area contributed by atoms with Gasteiger partial charge in [0.2, 0.25) is 0 Å². The normalized spacial score (nSPS) is 15.5. The minimum Gasteiger partial charge on any atom is -0.0925 e. The van der Waals surface area contributed by atoms with Crippen LogP contribution in [-0.4, -0.2) is 13.4 Å². The average molecular weight is 237 g/mol. The molecule has 0 fully saturated rings. The van der Waals surface area contributed by atoms with Crippen LogP contribution < -0.4 is 0 Å². The van der Waals surface area contributed by atoms with Crippen molar-refractivity contribution in [3.63, 3.8) is 0 Å². The van der Waals surface area contributed by atoms with Gasteiger partial charge in [-0.05, 0) is 11.8 Å². The maximum atomic E-state index is 3.59. The molecule has 0 aromatic carbocycles. The SMILES string of the molecule is CC(C)C(CBr)C[Si](C)(C)C. The highest BCUT2D eigenvalue weighted by atomic mass is 79.9. The fraction of sp³-hybridized carbons (Fsp3) is 1.00. The van der Waals surface area contributed by atoms with Crippen LogP contribution >= 0.6 is 15.9 Å². The summed E-state index contributed by atoms with van der Waals surface area (Å²) >= 11 is 3.59. The van der Waals surface area contributed by atoms with Gasteiger partial charge in [0, 0.05) is 13.4 Å². The summed E-state index contributed by atoms with van der Waals surface area (Å²) in [6, 6.07) is 1.45. The topological polar surface area (TPSA) is 0 Å². The standard InChI is InChI=1S/C9H21BrSi/c1-8(2)9(6-10)7-11(3,4)5/h8-9H,6-7H2,1-5H3. The third kappa shape index (κ3) is 5.91. The van der Waals surface area contributed by atoms with E-state index in [0.717, 1.165) is 11.8 Å². The van der Waals surface area contributed by atoms with Gasteiger partial charge in [0.1, 0.15) is 0 Å². The van der Waals surface area contributed by atoms with E-state index in [1.54, 1.807) is 0 Å². The molecule has 0 bridgehead atoms. The van der Waals surface area contributed by atoms with Gasteiger partial charge in [0.25, 0.3) is 0 Å². The zero-order chi connectivity index (χ0) is 9.07. The van der Waals surface area contributed by atoms with Crippen LogP contribution in [0.4, 0.5) is 0 Å². The van der Waals surface area contributed by atoms with Crippen molar-refractivity contribution in [2.75, 3.05) is 5.33 Å². The summed E-state index contributed by atoms with van der Waals surface area (Å²) in [5.74, 6) is 1.72. The van der Waals surface area contributed by atoms with Crippen molar-refractivity contribution in [3.8, 4) is 0 Å². The Morgan fingerprint density at radius 2 is 1.64 bits per heavy atom. The molecule has 0 radical (unpaired) electrons. The second kappa shape index (κ2) is 4.66. The molecular weight excluding hydrogens is 216 g/mol. The van der Waals surface area contributed by atoms with Crippen molar-refractivity contribution in [3.05, 3.63) is 0 Å². The van der Waals surface area contributed by atoms with Gasteiger partial charge in [-0.2, -0.15) is 0 Å². The van der Waals surface area contributed by atoms with E-state index in [9.17, 15) is 0 Å². The number of alkyl halides is 1. The highest BCUT2D eigenvalue weighted by Crippen LogP contribution is 2.24. The van der Waals surface area contributed by atoms with Gasteiger partial charge in [-0.15, -0.1) is 0 Å². The smallest absolute Gasteiger partial charge is 0.0445 e. The molecular formula is C9H21BrSi. The van der Waals surface area contributed by atoms with E-state index in [1.807, 2.05) is 0 Å². The van der Waals surface area contributed by atoms with E-state index in [1.165, 1.54) is 11.4 Å². The van der Waals surface area contributed by atoms with Crippen LogP contribution in [0.1, 0.15) is 13.8 Å². The van der Waals surface area contributed by atoms with Gasteiger partial charge in [-0.3, -0.25) is 0 Å². The Bertz CT molecular complexity index is 105. The maximum Gasteiger partial charge on any atom is 0.0445 e. The van der Waals surface area contributed by atoms with Crippen molar-refractivity contribution >= 4 is 24.0 Å². The van der Waals surface area contributed by atoms with Crippen molar-refractivity contribution in [2.45, 2.75) is 39.5 Å². The fourth-order valence-corrected chi connectivity index (χ4v) is 4.84. The Hall–Kier alpha value is 0.697. The van der Waals surface area contributed by atoms with Gasteiger partial charge in [0.05, 0.1) is 0 Å². The molecule has 0 amide bonds. The molecule has 0 N–H and O–H groups in total. The molecule has 0 aliphatic rings. The number of hydrogen-bond donors (Lipinski definition) is 0. The summed E-state index contributed by atoms with van der Waals surface area (Å²) < 4.78 is 0. The highest BCUT2D eigenvalue weighted by molar-refractivity contribution is 9.09. The van der Waals surface area contributed by atoms with Crippen LogP contribution in [-0.2, 0) is 0 Å². The van der Waals surface area contributed by atoms with Crippen LogP contribution in [0.15, 0.2) is 0 Å². The molecule has 0 spiro atoms. The van der Waals surface area contributed by atoms with Gasteiger partial charge >= 0.3 is 0 Å². The third-order valence-electron chi connectivity index (χ3n) is 2.02. The maximum absolute atomic E-state index is 3.59. The molecule has 1 unspecified atom stereocenters. The summed E-state index contributed by atoms with van der Waals surface area (Å²) in [5.41, 5.74) is 0. The number of rotatable bonds is 4. The van der Waals surface area contributed by atoms with E-state index in [4.69, 9.17) is 0 Å². The first-order valence-electron chi connectivity index (χ1n) is 4.43. The van der Waals surface area contributed by atoms with Crippen LogP contribution in [0.5, 0.6) is 0 Å². The molecule has 1 atom stereocenters. The zero-order valence-corrected chi connectivity index (χ0v) is 11.0. The van der Waals surface area contributed by atoms with Crippen molar-refractivity contribution < 1.29 is 0 Å². The fourth-order valence-electron chi connectivity index (χ4n) is 1.25. The lowest BCUT2D eigenvalue weighted by molar-refractivity contribution is 0.462. The molecule has 0 aromatic rings. The summed E-state index contributed by atoms with van der Waals surface area (Å²) in [7, 11) is -0.834. The first-order valence-corrected chi connectivity index (χ1v) is 9.25. The van der Waals surface area contributed by atoms with E-state index >= 15 is 0 Å². The Labute approximate surface area is 80.9 Å². The molecule has 2 heteroatoms. The predicted molar refractivity (Wildman–Crippen MR) is 60.3 cm³/mol. The first-order chi connectivity index (χ1) is 4.87. The molecule has 0 nitrogen and oxygen atoms in total. The zero-order valence-electron chi connectivity index (χ0n) is 8.45. The lowest BCUT2D eigenvalue weighted by Crippen LogP contribution is -2.27. The third-order valence-corrected chi connectivity index (χ3v) is 4.60. The molecule has 0 aliphatic carbocycles. The molecule has 0 aliphatic heterocycles. The molecule has 0 saturated carbocycles. The Balaban J connectivity index is 3.88. The van der Waals surface area contributed by atoms with E-state index < -0.39 is 8.07 Å². The molecule has 0 saturated heterocycles. The largest absolute Gasteiger partial charge is 0.0925 e. The Morgan fingerprint density at radius 1 is 1.18 bits per heavy atom. The van der Waals surface area contributed by atoms with Crippen LogP contribution in [0.3, 0.4) is 0 Å². The molecule has 68 valence electrons. The van der Waals surface area contributed by atoms with Crippen molar-refractivity contribution in [1.29, 1.82) is 0 Å². The second-order valence-electron chi connectivity index (χ2n) is 4.92. The summed E-state index contributed by atoms with van der Waals surface area (Å²) in [4.78, 5) is 0. The minimum atomic E-state index is -0.834.